The zero-order chi connectivity index (χ0) is 21.8. The number of hydrogen-bond acceptors (Lipinski definition) is 0. The van der Waals surface area contributed by atoms with Crippen molar-refractivity contribution in [3.63, 3.8) is 0 Å². The summed E-state index contributed by atoms with van der Waals surface area (Å²) in [6.07, 6.45) is 0.917. The van der Waals surface area contributed by atoms with Gasteiger partial charge in [-0.2, -0.15) is 30.0 Å². The van der Waals surface area contributed by atoms with Crippen LogP contribution in [0.3, 0.4) is 0 Å². The summed E-state index contributed by atoms with van der Waals surface area (Å²) in [4.78, 5) is 0. The van der Waals surface area contributed by atoms with E-state index in [2.05, 4.69) is 102 Å². The van der Waals surface area contributed by atoms with Crippen LogP contribution in [0.5, 0.6) is 0 Å². The largest absolute Gasteiger partial charge is 4.00 e. The van der Waals surface area contributed by atoms with E-state index in [0.717, 1.165) is 17.5 Å². The van der Waals surface area contributed by atoms with E-state index in [9.17, 15) is 0 Å². The molecule has 4 rings (SSSR count). The van der Waals surface area contributed by atoms with Crippen molar-refractivity contribution < 1.29 is 51.0 Å². The smallest absolute Gasteiger partial charge is 1.00 e. The third-order valence-corrected chi connectivity index (χ3v) is 4.50. The molecule has 0 fully saturated rings. The van der Waals surface area contributed by atoms with Crippen molar-refractivity contribution in [2.75, 3.05) is 0 Å². The molecule has 0 aromatic heterocycles. The van der Waals surface area contributed by atoms with E-state index in [1.54, 1.807) is 0 Å². The summed E-state index contributed by atoms with van der Waals surface area (Å²) in [7, 11) is 0. The zero-order valence-electron chi connectivity index (χ0n) is 20.2. The first kappa shape index (κ1) is 31.4. The molecule has 168 valence electrons. The Morgan fingerprint density at radius 1 is 0.788 bits per heavy atom. The van der Waals surface area contributed by atoms with Gasteiger partial charge in [0.25, 0.3) is 0 Å². The topological polar surface area (TPSA) is 0 Å². The van der Waals surface area contributed by atoms with Crippen LogP contribution in [0.25, 0.3) is 11.1 Å². The number of rotatable bonds is 0. The second-order valence-corrected chi connectivity index (χ2v) is 9.78. The number of benzene rings is 2. The van der Waals surface area contributed by atoms with Gasteiger partial charge in [0, 0.05) is 16.4 Å². The molecule has 0 saturated carbocycles. The third-order valence-electron chi connectivity index (χ3n) is 4.50. The van der Waals surface area contributed by atoms with Gasteiger partial charge >= 0.3 is 26.2 Å². The second kappa shape index (κ2) is 13.3. The van der Waals surface area contributed by atoms with Gasteiger partial charge in [-0.15, -0.1) is 29.3 Å². The summed E-state index contributed by atoms with van der Waals surface area (Å²) in [5.41, 5.74) is 7.29. The minimum absolute atomic E-state index is 0. The van der Waals surface area contributed by atoms with Crippen LogP contribution >= 0.6 is 0 Å². The molecular formula is C30H30Cl2Zr. The van der Waals surface area contributed by atoms with Crippen molar-refractivity contribution in [1.82, 2.24) is 0 Å². The maximum Gasteiger partial charge on any atom is 4.00 e. The van der Waals surface area contributed by atoms with Gasteiger partial charge in [0.15, 0.2) is 0 Å². The van der Waals surface area contributed by atoms with Gasteiger partial charge in [0.2, 0.25) is 0 Å². The molecule has 0 heterocycles. The molecule has 0 radical (unpaired) electrons. The van der Waals surface area contributed by atoms with E-state index in [0.29, 0.717) is 0 Å². The Kier molecular flexibility index (Phi) is 12.7. The van der Waals surface area contributed by atoms with Crippen LogP contribution in [0.15, 0.2) is 60.7 Å². The van der Waals surface area contributed by atoms with Gasteiger partial charge < -0.3 is 24.8 Å². The first-order valence-corrected chi connectivity index (χ1v) is 10.5. The van der Waals surface area contributed by atoms with Gasteiger partial charge in [-0.05, 0) is 65.7 Å². The quantitative estimate of drug-likeness (QED) is 0.228. The summed E-state index contributed by atoms with van der Waals surface area (Å²) in [5.74, 6) is 13.2. The van der Waals surface area contributed by atoms with E-state index < -0.39 is 0 Å². The average molecular weight is 553 g/mol. The van der Waals surface area contributed by atoms with Crippen molar-refractivity contribution in [1.29, 1.82) is 0 Å². The van der Waals surface area contributed by atoms with Gasteiger partial charge in [-0.25, -0.2) is 12.1 Å². The molecule has 0 aliphatic heterocycles. The molecule has 33 heavy (non-hydrogen) atoms. The Hall–Kier alpha value is -1.63. The van der Waals surface area contributed by atoms with E-state index in [1.807, 2.05) is 30.3 Å². The Morgan fingerprint density at radius 3 is 1.91 bits per heavy atom. The normalized spacial score (nSPS) is 10.6. The second-order valence-electron chi connectivity index (χ2n) is 9.78. The van der Waals surface area contributed by atoms with Crippen molar-refractivity contribution in [3.8, 4) is 34.8 Å². The van der Waals surface area contributed by atoms with Crippen LogP contribution < -0.4 is 24.8 Å². The van der Waals surface area contributed by atoms with Gasteiger partial charge in [0.05, 0.1) is 0 Å². The molecule has 3 aromatic rings. The van der Waals surface area contributed by atoms with Crippen LogP contribution in [0, 0.1) is 40.6 Å². The standard InChI is InChI=1S/C25H25.C5H5.2ClH.Zr/c1-24(2,3)13-11-18-7-9-22-20(15-18)17-21-16-19(8-10-23(21)22)12-14-25(4,5)6;1-2-4-5-3-1;;;/h7-10,15H,17H2,1-6H3;1-5H;2*1H;/q2*-1;;;+4/p-2. The summed E-state index contributed by atoms with van der Waals surface area (Å²) in [5, 5.41) is 0. The fraction of sp³-hybridized carbons (Fsp3) is 0.300. The monoisotopic (exact) mass is 550 g/mol. The van der Waals surface area contributed by atoms with Gasteiger partial charge in [0.1, 0.15) is 0 Å². The maximum atomic E-state index is 3.51. The molecule has 3 heteroatoms. The predicted molar refractivity (Wildman–Crippen MR) is 128 cm³/mol. The Balaban J connectivity index is 0.00000114. The molecule has 0 bridgehead atoms. The fourth-order valence-corrected chi connectivity index (χ4v) is 3.11. The minimum atomic E-state index is 0. The maximum absolute atomic E-state index is 3.51. The van der Waals surface area contributed by atoms with E-state index >= 15 is 0 Å². The molecule has 0 atom stereocenters. The minimum Gasteiger partial charge on any atom is -1.00 e. The van der Waals surface area contributed by atoms with Crippen LogP contribution in [-0.4, -0.2) is 0 Å². The summed E-state index contributed by atoms with van der Waals surface area (Å²) in [6, 6.07) is 24.3. The third kappa shape index (κ3) is 10.0. The molecule has 0 amide bonds. The van der Waals surface area contributed by atoms with Crippen molar-refractivity contribution in [2.24, 2.45) is 10.8 Å². The molecule has 0 saturated heterocycles. The van der Waals surface area contributed by atoms with E-state index in [4.69, 9.17) is 0 Å². The van der Waals surface area contributed by atoms with Crippen LogP contribution in [0.1, 0.15) is 63.8 Å². The van der Waals surface area contributed by atoms with Crippen LogP contribution in [0.4, 0.5) is 0 Å². The van der Waals surface area contributed by atoms with Gasteiger partial charge in [-0.3, -0.25) is 0 Å². The average Bonchev–Trinajstić information content (AvgIpc) is 3.34. The Morgan fingerprint density at radius 2 is 1.36 bits per heavy atom. The van der Waals surface area contributed by atoms with Crippen molar-refractivity contribution in [3.05, 3.63) is 89.0 Å². The predicted octanol–water partition coefficient (Wildman–Crippen LogP) is 1.26. The fourth-order valence-electron chi connectivity index (χ4n) is 3.11. The summed E-state index contributed by atoms with van der Waals surface area (Å²) in [6.45, 7) is 12.8. The molecule has 1 aliphatic carbocycles. The molecule has 0 spiro atoms. The van der Waals surface area contributed by atoms with E-state index in [-0.39, 0.29) is 61.8 Å². The molecule has 3 aromatic carbocycles. The number of fused-ring (bicyclic) bond motifs is 3. The molecule has 1 aliphatic rings. The molecule has 0 unspecified atom stereocenters. The van der Waals surface area contributed by atoms with Gasteiger partial charge in [-0.1, -0.05) is 29.0 Å². The van der Waals surface area contributed by atoms with Crippen molar-refractivity contribution >= 4 is 0 Å². The summed E-state index contributed by atoms with van der Waals surface area (Å²) < 4.78 is 0. The first-order chi connectivity index (χ1) is 14.1. The number of halogens is 2. The van der Waals surface area contributed by atoms with Crippen LogP contribution in [0.2, 0.25) is 0 Å². The zero-order valence-corrected chi connectivity index (χ0v) is 24.2. The number of hydrogen-bond donors (Lipinski definition) is 0. The Labute approximate surface area is 232 Å². The van der Waals surface area contributed by atoms with Crippen LogP contribution in [-0.2, 0) is 32.6 Å². The summed E-state index contributed by atoms with van der Waals surface area (Å²) >= 11 is 0. The molecule has 0 nitrogen and oxygen atoms in total. The Bertz CT molecular complexity index is 1040. The SMILES string of the molecule is CC(C)(C)C#Cc1[c-]c2c(cc1)-c1ccc(C#CC(C)(C)C)cc1C2.[Cl-].[Cl-].[Zr+4].c1cc[cH-]c1. The van der Waals surface area contributed by atoms with E-state index in [1.165, 1.54) is 22.3 Å². The molecular weight excluding hydrogens is 522 g/mol. The first-order valence-electron chi connectivity index (χ1n) is 10.5. The molecule has 0 N–H and O–H groups in total. The van der Waals surface area contributed by atoms with Crippen molar-refractivity contribution in [2.45, 2.75) is 48.0 Å².